The topological polar surface area (TPSA) is 70.9 Å². The van der Waals surface area contributed by atoms with Crippen LogP contribution in [0, 0.1) is 10.8 Å². The highest BCUT2D eigenvalue weighted by atomic mass is 16.7. The molecule has 0 bridgehead atoms. The van der Waals surface area contributed by atoms with Crippen LogP contribution in [0.3, 0.4) is 0 Å². The standard InChI is InChI=1S/C18H38N4O4/c1-8-20(18(2,3)4)21(24)19-26-16-11-9-15(10-12-16)17(23)25-14-13-22(5,6)7/h15-16H,8-14H2,1-7H3,(H,19,24)/q+2. The molecule has 8 heteroatoms. The van der Waals surface area contributed by atoms with Gasteiger partial charge in [0.2, 0.25) is 0 Å². The normalized spacial score (nSPS) is 21.2. The van der Waals surface area contributed by atoms with Crippen molar-refractivity contribution in [2.45, 2.75) is 65.0 Å². The van der Waals surface area contributed by atoms with Gasteiger partial charge in [0.05, 0.1) is 50.2 Å². The van der Waals surface area contributed by atoms with E-state index in [1.807, 2.05) is 27.7 Å². The molecule has 1 aliphatic rings. The van der Waals surface area contributed by atoms with E-state index in [-0.39, 0.29) is 23.5 Å². The third-order valence-electron chi connectivity index (χ3n) is 4.60. The van der Waals surface area contributed by atoms with E-state index >= 15 is 0 Å². The highest BCUT2D eigenvalue weighted by molar-refractivity contribution is 5.72. The zero-order chi connectivity index (χ0) is 20.0. The summed E-state index contributed by atoms with van der Waals surface area (Å²) in [7, 11) is 6.21. The number of rotatable bonds is 9. The van der Waals surface area contributed by atoms with E-state index < -0.39 is 0 Å². The second kappa shape index (κ2) is 9.50. The van der Waals surface area contributed by atoms with Crippen molar-refractivity contribution in [2.24, 2.45) is 5.92 Å². The number of quaternary nitrogens is 1. The largest absolute Gasteiger partial charge is 0.459 e. The molecule has 0 amide bonds. The lowest BCUT2D eigenvalue weighted by Gasteiger charge is -2.28. The smallest absolute Gasteiger partial charge is 0.309 e. The number of hydrogen-bond acceptors (Lipinski definition) is 4. The zero-order valence-corrected chi connectivity index (χ0v) is 17.6. The molecule has 0 aromatic heterocycles. The fourth-order valence-electron chi connectivity index (χ4n) is 3.00. The molecule has 1 rings (SSSR count). The molecule has 26 heavy (non-hydrogen) atoms. The van der Waals surface area contributed by atoms with Gasteiger partial charge >= 0.3 is 5.97 Å². The molecular weight excluding hydrogens is 336 g/mol. The quantitative estimate of drug-likeness (QED) is 0.288. The molecule has 0 saturated heterocycles. The minimum Gasteiger partial charge on any atom is -0.459 e. The van der Waals surface area contributed by atoms with Crippen molar-refractivity contribution in [3.8, 4) is 0 Å². The van der Waals surface area contributed by atoms with E-state index in [9.17, 15) is 9.70 Å². The summed E-state index contributed by atoms with van der Waals surface area (Å²) in [6.07, 6.45) is 2.85. The van der Waals surface area contributed by atoms with Crippen LogP contribution in [0.5, 0.6) is 0 Å². The Morgan fingerprint density at radius 1 is 1.19 bits per heavy atom. The number of carbonyl (C=O) groups excluding carboxylic acids is 1. The lowest BCUT2D eigenvalue weighted by molar-refractivity contribution is -0.870. The fraction of sp³-hybridized carbons (Fsp3) is 0.944. The molecule has 0 unspecified atom stereocenters. The second-order valence-corrected chi connectivity index (χ2v) is 9.02. The van der Waals surface area contributed by atoms with Gasteiger partial charge in [-0.1, -0.05) is 0 Å². The highest BCUT2D eigenvalue weighted by Gasteiger charge is 2.34. The molecule has 0 spiro atoms. The van der Waals surface area contributed by atoms with Gasteiger partial charge in [-0.2, -0.15) is 0 Å². The van der Waals surface area contributed by atoms with Crippen LogP contribution < -0.4 is 5.59 Å². The van der Waals surface area contributed by atoms with E-state index in [2.05, 4.69) is 26.7 Å². The summed E-state index contributed by atoms with van der Waals surface area (Å²) in [6, 6.07) is 0. The van der Waals surface area contributed by atoms with Gasteiger partial charge in [-0.05, 0) is 53.4 Å². The minimum atomic E-state index is -0.292. The van der Waals surface area contributed by atoms with Crippen molar-refractivity contribution in [1.29, 1.82) is 0 Å². The Morgan fingerprint density at radius 2 is 1.77 bits per heavy atom. The van der Waals surface area contributed by atoms with Crippen LogP contribution in [0.15, 0.2) is 0 Å². The van der Waals surface area contributed by atoms with Crippen LogP contribution in [0.25, 0.3) is 0 Å². The highest BCUT2D eigenvalue weighted by Crippen LogP contribution is 2.27. The zero-order valence-electron chi connectivity index (χ0n) is 17.6. The van der Waals surface area contributed by atoms with Crippen LogP contribution in [-0.2, 0) is 14.4 Å². The number of nitroso groups, excluding NO2 is 1. The van der Waals surface area contributed by atoms with Crippen molar-refractivity contribution >= 4 is 5.97 Å². The Kier molecular flexibility index (Phi) is 8.27. The molecule has 1 aliphatic carbocycles. The third kappa shape index (κ3) is 7.86. The third-order valence-corrected chi connectivity index (χ3v) is 4.60. The maximum atomic E-state index is 12.2. The van der Waals surface area contributed by atoms with Crippen molar-refractivity contribution in [3.05, 3.63) is 4.91 Å². The number of esters is 1. The van der Waals surface area contributed by atoms with Gasteiger partial charge in [0.15, 0.2) is 0 Å². The van der Waals surface area contributed by atoms with Gasteiger partial charge < -0.3 is 9.22 Å². The molecule has 1 N–H and O–H groups in total. The number of hydrazine groups is 2. The first-order valence-electron chi connectivity index (χ1n) is 9.57. The Hall–Kier alpha value is -1.41. The van der Waals surface area contributed by atoms with Gasteiger partial charge in [-0.15, -0.1) is 5.01 Å². The molecule has 0 atom stereocenters. The summed E-state index contributed by atoms with van der Waals surface area (Å²) in [5.74, 6) is -0.174. The Bertz CT molecular complexity index is 463. The lowest BCUT2D eigenvalue weighted by atomic mass is 9.87. The van der Waals surface area contributed by atoms with Crippen LogP contribution in [0.2, 0.25) is 0 Å². The number of likely N-dealkylation sites (N-methyl/N-ethyl adjacent to an activating group) is 1. The number of carbonyl (C=O) groups is 1. The molecule has 0 heterocycles. The van der Waals surface area contributed by atoms with E-state index in [0.717, 1.165) is 36.7 Å². The number of nitrogens with zero attached hydrogens (tertiary/aromatic N) is 3. The first-order chi connectivity index (χ1) is 11.9. The van der Waals surface area contributed by atoms with Crippen molar-refractivity contribution in [2.75, 3.05) is 40.8 Å². The van der Waals surface area contributed by atoms with Gasteiger partial charge in [-0.3, -0.25) is 4.79 Å². The SMILES string of the molecule is CCN([N+](=O)NOC1CCC(C(=O)OCC[N+](C)(C)C)CC1)C(C)(C)C. The van der Waals surface area contributed by atoms with Crippen molar-refractivity contribution < 1.29 is 23.8 Å². The Balaban J connectivity index is 2.31. The van der Waals surface area contributed by atoms with E-state index in [4.69, 9.17) is 9.57 Å². The molecule has 0 aromatic rings. The Morgan fingerprint density at radius 3 is 2.23 bits per heavy atom. The molecular formula is C18H38N4O4+2. The molecule has 1 saturated carbocycles. The molecule has 1 fully saturated rings. The van der Waals surface area contributed by atoms with E-state index in [1.54, 1.807) is 5.01 Å². The van der Waals surface area contributed by atoms with Crippen molar-refractivity contribution in [1.82, 2.24) is 10.6 Å². The van der Waals surface area contributed by atoms with Gasteiger partial charge in [-0.25, -0.2) is 4.84 Å². The predicted octanol–water partition coefficient (Wildman–Crippen LogP) is 2.05. The maximum Gasteiger partial charge on any atom is 0.309 e. The molecule has 0 aliphatic heterocycles. The second-order valence-electron chi connectivity index (χ2n) is 9.02. The predicted molar refractivity (Wildman–Crippen MR) is 99.6 cm³/mol. The number of hydrogen-bond donors (Lipinski definition) is 1. The van der Waals surface area contributed by atoms with Crippen LogP contribution in [0.1, 0.15) is 53.4 Å². The molecule has 152 valence electrons. The Labute approximate surface area is 157 Å². The summed E-state index contributed by atoms with van der Waals surface area (Å²) in [6.45, 7) is 9.66. The lowest BCUT2D eigenvalue weighted by Crippen LogP contribution is -2.52. The van der Waals surface area contributed by atoms with E-state index in [1.165, 1.54) is 0 Å². The van der Waals surface area contributed by atoms with Gasteiger partial charge in [0.25, 0.3) is 4.98 Å². The summed E-state index contributed by atoms with van der Waals surface area (Å²) in [4.78, 5) is 30.5. The molecule has 0 aromatic carbocycles. The number of ether oxygens (including phenoxy) is 1. The van der Waals surface area contributed by atoms with Crippen LogP contribution in [-0.4, -0.2) is 72.9 Å². The number of nitrogens with one attached hydrogen (secondary N) is 1. The summed E-state index contributed by atoms with van der Waals surface area (Å²) < 4.78 is 6.17. The van der Waals surface area contributed by atoms with E-state index in [0.29, 0.717) is 18.1 Å². The first kappa shape index (κ1) is 22.6. The summed E-state index contributed by atoms with van der Waals surface area (Å²) >= 11 is 0. The van der Waals surface area contributed by atoms with Crippen LogP contribution >= 0.6 is 0 Å². The van der Waals surface area contributed by atoms with Crippen molar-refractivity contribution in [3.63, 3.8) is 0 Å². The minimum absolute atomic E-state index is 0.0626. The van der Waals surface area contributed by atoms with Crippen LogP contribution in [0.4, 0.5) is 0 Å². The fourth-order valence-corrected chi connectivity index (χ4v) is 3.00. The average molecular weight is 375 g/mol. The maximum absolute atomic E-state index is 12.2. The van der Waals surface area contributed by atoms with Gasteiger partial charge in [0.1, 0.15) is 13.2 Å². The summed E-state index contributed by atoms with van der Waals surface area (Å²) in [5.41, 5.74) is 2.20. The first-order valence-corrected chi connectivity index (χ1v) is 9.57. The molecule has 8 nitrogen and oxygen atoms in total. The van der Waals surface area contributed by atoms with Gasteiger partial charge in [0, 0.05) is 5.59 Å². The average Bonchev–Trinajstić information content (AvgIpc) is 2.51. The monoisotopic (exact) mass is 374 g/mol. The summed E-state index contributed by atoms with van der Waals surface area (Å²) in [5, 5.41) is 1.64. The molecule has 0 radical (unpaired) electrons.